The zero-order chi connectivity index (χ0) is 3.86. The molecule has 30 valence electrons. The van der Waals surface area contributed by atoms with Crippen molar-refractivity contribution in [3.63, 3.8) is 0 Å². The highest BCUT2D eigenvalue weighted by molar-refractivity contribution is 4.32. The van der Waals surface area contributed by atoms with E-state index in [4.69, 9.17) is 11.7 Å². The van der Waals surface area contributed by atoms with E-state index in [0.29, 0.717) is 0 Å². The van der Waals surface area contributed by atoms with E-state index in [1.807, 2.05) is 0 Å². The summed E-state index contributed by atoms with van der Waals surface area (Å²) in [6.45, 7) is 0. The van der Waals surface area contributed by atoms with Crippen LogP contribution in [-0.4, -0.2) is 15.0 Å². The minimum atomic E-state index is 1.15. The molecule has 0 aromatic carbocycles. The van der Waals surface area contributed by atoms with E-state index in [-0.39, 0.29) is 0 Å². The van der Waals surface area contributed by atoms with Crippen molar-refractivity contribution in [3.05, 3.63) is 0 Å². The molecule has 0 fully saturated rings. The topological polar surface area (TPSA) is 77.7 Å². The molecule has 1 aromatic rings. The van der Waals surface area contributed by atoms with Crippen LogP contribution in [-0.2, 0) is 0 Å². The van der Waals surface area contributed by atoms with Gasteiger partial charge in [0.1, 0.15) is 0 Å². The largest absolute Gasteiger partial charge is 0.305 e. The summed E-state index contributed by atoms with van der Waals surface area (Å²) in [7, 11) is 0. The number of rotatable bonds is 0. The standard InChI is InChI=1S/H5N5/c1-4-3-5(4)2/h3H,1-2H2. The van der Waals surface area contributed by atoms with Gasteiger partial charge in [-0.05, 0) is 0 Å². The number of nitrogens with zero attached hydrogens (tertiary/aromatic N) is 2. The molecular formula is H5N5. The lowest BCUT2D eigenvalue weighted by atomic mass is 12.5. The zero-order valence-corrected chi connectivity index (χ0v) is 2.55. The van der Waals surface area contributed by atoms with Gasteiger partial charge in [0.15, 0.2) is 0 Å². The van der Waals surface area contributed by atoms with Crippen molar-refractivity contribution in [2.75, 3.05) is 11.7 Å². The first-order chi connectivity index (χ1) is 2.30. The predicted molar refractivity (Wildman–Crippen MR) is 17.1 cm³/mol. The Morgan fingerprint density at radius 3 is 1.40 bits per heavy atom. The Kier molecular flexibility index (Phi) is 0.150. The van der Waals surface area contributed by atoms with Crippen molar-refractivity contribution in [1.29, 1.82) is 0 Å². The van der Waals surface area contributed by atoms with Crippen LogP contribution in [0.25, 0.3) is 0 Å². The second kappa shape index (κ2) is 0.333. The van der Waals surface area contributed by atoms with Gasteiger partial charge in [0.25, 0.3) is 0 Å². The molecule has 0 aliphatic rings. The van der Waals surface area contributed by atoms with Gasteiger partial charge in [0.05, 0.1) is 0 Å². The maximum atomic E-state index is 4.89. The zero-order valence-electron chi connectivity index (χ0n) is 2.55. The molecular weight excluding hydrogens is 70.0 g/mol. The molecule has 1 heterocycles. The molecule has 5 heavy (non-hydrogen) atoms. The molecule has 0 bridgehead atoms. The Balaban J connectivity index is 2.73. The number of aromatic amines is 1. The fraction of sp³-hybridized carbons (Fsp3) is 0. The predicted octanol–water partition coefficient (Wildman–Crippen LogP) is -1.95. The van der Waals surface area contributed by atoms with Crippen LogP contribution in [0.4, 0.5) is 0 Å². The van der Waals surface area contributed by atoms with Gasteiger partial charge in [-0.1, -0.05) is 9.81 Å². The Labute approximate surface area is 28.0 Å². The molecule has 0 aliphatic carbocycles. The molecule has 1 rings (SSSR count). The lowest BCUT2D eigenvalue weighted by molar-refractivity contribution is 0.874. The van der Waals surface area contributed by atoms with Crippen molar-refractivity contribution >= 4 is 0 Å². The lowest BCUT2D eigenvalue weighted by Gasteiger charge is -1.65. The number of hydrogen-bond acceptors (Lipinski definition) is 2. The highest BCUT2D eigenvalue weighted by Crippen LogP contribution is 1.58. The van der Waals surface area contributed by atoms with E-state index in [9.17, 15) is 0 Å². The van der Waals surface area contributed by atoms with Crippen LogP contribution in [0.5, 0.6) is 0 Å². The monoisotopic (exact) mass is 75.1 g/mol. The Morgan fingerprint density at radius 1 is 1.20 bits per heavy atom. The van der Waals surface area contributed by atoms with Crippen LogP contribution in [0.15, 0.2) is 0 Å². The first kappa shape index (κ1) is 2.25. The number of nitrogens with two attached hydrogens (primary N) is 2. The third-order valence-corrected chi connectivity index (χ3v) is 0.398. The third-order valence-electron chi connectivity index (χ3n) is 0.398. The van der Waals surface area contributed by atoms with Crippen LogP contribution in [0.1, 0.15) is 0 Å². The Hall–Kier alpha value is -1.00. The molecule has 0 aliphatic heterocycles. The Bertz CT molecular complexity index is 84.2. The first-order valence-corrected chi connectivity index (χ1v) is 1.16. The summed E-state index contributed by atoms with van der Waals surface area (Å²) in [4.78, 5) is 2.31. The highest BCUT2D eigenvalue weighted by Gasteiger charge is 1.86. The van der Waals surface area contributed by atoms with E-state index in [1.54, 1.807) is 0 Å². The smallest absolute Gasteiger partial charge is 0.0837 e. The van der Waals surface area contributed by atoms with Crippen LogP contribution in [0.2, 0.25) is 0 Å². The number of aromatic nitrogens is 3. The summed E-state index contributed by atoms with van der Waals surface area (Å²) in [6, 6.07) is 0. The summed E-state index contributed by atoms with van der Waals surface area (Å²) < 4.78 is 0. The molecule has 0 radical (unpaired) electrons. The van der Waals surface area contributed by atoms with Crippen molar-refractivity contribution in [2.45, 2.75) is 0 Å². The van der Waals surface area contributed by atoms with Gasteiger partial charge in [0.2, 0.25) is 0 Å². The van der Waals surface area contributed by atoms with Crippen molar-refractivity contribution in [2.24, 2.45) is 0 Å². The van der Waals surface area contributed by atoms with Gasteiger partial charge < -0.3 is 11.7 Å². The number of hydrogen-bond donors (Lipinski definition) is 3. The summed E-state index contributed by atoms with van der Waals surface area (Å²) in [5, 5.41) is 2.42. The van der Waals surface area contributed by atoms with Gasteiger partial charge in [0, 0.05) is 0 Å². The minimum absolute atomic E-state index is 1.15. The molecule has 5 nitrogen and oxygen atoms in total. The third kappa shape index (κ3) is 0.120. The lowest BCUT2D eigenvalue weighted by Crippen LogP contribution is -2.08. The Morgan fingerprint density at radius 2 is 1.40 bits per heavy atom. The first-order valence-electron chi connectivity index (χ1n) is 1.16. The van der Waals surface area contributed by atoms with E-state index in [0.717, 1.165) is 9.81 Å². The van der Waals surface area contributed by atoms with Crippen LogP contribution in [0, 0.1) is 0 Å². The SMILES string of the molecule is Nn1[nH]n1N. The highest BCUT2D eigenvalue weighted by atomic mass is 16.0. The normalized spacial score (nSPS) is 9.60. The molecule has 0 atom stereocenters. The van der Waals surface area contributed by atoms with Gasteiger partial charge in [-0.25, -0.2) is 0 Å². The fourth-order valence-electron chi connectivity index (χ4n) is 0.0850. The molecule has 0 unspecified atom stereocenters. The fourth-order valence-corrected chi connectivity index (χ4v) is 0.0850. The molecule has 1 aromatic heterocycles. The summed E-state index contributed by atoms with van der Waals surface area (Å²) >= 11 is 0. The molecule has 0 spiro atoms. The van der Waals surface area contributed by atoms with E-state index >= 15 is 0 Å². The van der Waals surface area contributed by atoms with E-state index < -0.39 is 0 Å². The van der Waals surface area contributed by atoms with Crippen molar-refractivity contribution in [3.8, 4) is 0 Å². The molecule has 0 saturated heterocycles. The molecule has 5 N–H and O–H groups in total. The van der Waals surface area contributed by atoms with Crippen LogP contribution in [0.3, 0.4) is 0 Å². The number of H-pyrrole nitrogens is 1. The van der Waals surface area contributed by atoms with Gasteiger partial charge in [-0.3, -0.25) is 0 Å². The summed E-state index contributed by atoms with van der Waals surface area (Å²) in [6.07, 6.45) is 0. The second-order valence-electron chi connectivity index (χ2n) is 0.789. The van der Waals surface area contributed by atoms with E-state index in [2.05, 4.69) is 5.21 Å². The molecule has 0 saturated carbocycles. The quantitative estimate of drug-likeness (QED) is 0.313. The van der Waals surface area contributed by atoms with Crippen LogP contribution >= 0.6 is 0 Å². The molecule has 0 amide bonds. The van der Waals surface area contributed by atoms with Crippen LogP contribution < -0.4 is 11.7 Å². The van der Waals surface area contributed by atoms with Gasteiger partial charge >= 0.3 is 0 Å². The number of nitrogen functional groups attached to an aromatic ring is 2. The van der Waals surface area contributed by atoms with Crippen molar-refractivity contribution in [1.82, 2.24) is 15.0 Å². The number of nitrogens with one attached hydrogen (secondary N) is 1. The maximum absolute atomic E-state index is 4.89. The maximum Gasteiger partial charge on any atom is -0.0837 e. The van der Waals surface area contributed by atoms with E-state index in [1.165, 1.54) is 0 Å². The molecule has 5 heteroatoms. The van der Waals surface area contributed by atoms with Gasteiger partial charge in [-0.15, -0.1) is 0 Å². The minimum Gasteiger partial charge on any atom is -0.305 e. The second-order valence-corrected chi connectivity index (χ2v) is 0.789. The van der Waals surface area contributed by atoms with Gasteiger partial charge in [-0.2, -0.15) is 5.21 Å². The summed E-state index contributed by atoms with van der Waals surface area (Å²) in [5.74, 6) is 9.78. The average molecular weight is 75.1 g/mol. The average Bonchev–Trinajstić information content (AvgIpc) is 1.79. The summed E-state index contributed by atoms with van der Waals surface area (Å²) in [5.41, 5.74) is 0. The van der Waals surface area contributed by atoms with Crippen molar-refractivity contribution < 1.29 is 0 Å².